The number of nitrogens with one attached hydrogen (secondary N) is 4. The lowest BCUT2D eigenvalue weighted by Gasteiger charge is -2.36. The first-order chi connectivity index (χ1) is 19.4. The van der Waals surface area contributed by atoms with E-state index in [2.05, 4.69) is 31.2 Å². The Hall–Kier alpha value is -4.00. The molecule has 2 atom stereocenters. The standard InChI is InChI=1S/C28H33FN6O5S/c1-13-22-24(33-18-7-6-15(29)8-21(18)39-17-9-16(10-17)32-14(2)36)30-12-31-26(22)41-23(13)25(37)34-19-11-20(19)35-27(38)40-28(3,4)5/h6-8,12,16-17,19-20H,9-11H2,1-5H3,(H,32,36)(H,34,37)(H,35,38)(H,30,31,33)/t16-,17-,19?,20?. The van der Waals surface area contributed by atoms with E-state index in [1.165, 1.54) is 36.7 Å². The van der Waals surface area contributed by atoms with E-state index in [0.717, 1.165) is 0 Å². The van der Waals surface area contributed by atoms with Gasteiger partial charge in [-0.05, 0) is 51.8 Å². The number of aromatic nitrogens is 2. The predicted molar refractivity (Wildman–Crippen MR) is 152 cm³/mol. The van der Waals surface area contributed by atoms with Crippen LogP contribution in [0.4, 0.5) is 20.7 Å². The van der Waals surface area contributed by atoms with Crippen LogP contribution in [0.5, 0.6) is 5.75 Å². The van der Waals surface area contributed by atoms with Crippen LogP contribution in [-0.4, -0.2) is 57.7 Å². The Morgan fingerprint density at radius 2 is 1.78 bits per heavy atom. The number of anilines is 2. The van der Waals surface area contributed by atoms with Crippen molar-refractivity contribution in [1.29, 1.82) is 0 Å². The summed E-state index contributed by atoms with van der Waals surface area (Å²) in [5.74, 6) is -0.0188. The quantitative estimate of drug-likeness (QED) is 0.307. The summed E-state index contributed by atoms with van der Waals surface area (Å²) in [5.41, 5.74) is 0.609. The predicted octanol–water partition coefficient (Wildman–Crippen LogP) is 4.32. The monoisotopic (exact) mass is 584 g/mol. The third-order valence-corrected chi connectivity index (χ3v) is 7.93. The molecule has 2 aromatic heterocycles. The number of carbonyl (C=O) groups excluding carboxylic acids is 3. The molecule has 2 aliphatic carbocycles. The van der Waals surface area contributed by atoms with E-state index in [1.807, 2.05) is 6.92 Å². The van der Waals surface area contributed by atoms with Crippen LogP contribution in [0.15, 0.2) is 24.5 Å². The molecule has 2 unspecified atom stereocenters. The van der Waals surface area contributed by atoms with Crippen molar-refractivity contribution in [2.45, 2.75) is 83.7 Å². The summed E-state index contributed by atoms with van der Waals surface area (Å²) in [5, 5.41) is 12.5. The molecule has 1 aromatic carbocycles. The Morgan fingerprint density at radius 1 is 1.05 bits per heavy atom. The largest absolute Gasteiger partial charge is 0.488 e. The van der Waals surface area contributed by atoms with Gasteiger partial charge in [0, 0.05) is 31.9 Å². The zero-order valence-electron chi connectivity index (χ0n) is 23.5. The smallest absolute Gasteiger partial charge is 0.407 e. The Balaban J connectivity index is 1.28. The molecular weight excluding hydrogens is 551 g/mol. The van der Waals surface area contributed by atoms with Crippen LogP contribution in [0.1, 0.15) is 62.2 Å². The van der Waals surface area contributed by atoms with Gasteiger partial charge in [0.2, 0.25) is 5.91 Å². The molecule has 0 radical (unpaired) electrons. The molecule has 11 nitrogen and oxygen atoms in total. The Labute approximate surface area is 240 Å². The fraction of sp³-hybridized carbons (Fsp3) is 0.464. The first kappa shape index (κ1) is 28.5. The molecule has 0 bridgehead atoms. The number of rotatable bonds is 8. The van der Waals surface area contributed by atoms with Crippen LogP contribution in [0.2, 0.25) is 0 Å². The molecule has 5 rings (SSSR count). The van der Waals surface area contributed by atoms with Crippen molar-refractivity contribution in [3.63, 3.8) is 0 Å². The molecule has 0 aliphatic heterocycles. The maximum atomic E-state index is 14.1. The summed E-state index contributed by atoms with van der Waals surface area (Å²) in [4.78, 5) is 46.3. The number of nitrogens with zero attached hydrogens (tertiary/aromatic N) is 2. The van der Waals surface area contributed by atoms with E-state index < -0.39 is 17.5 Å². The molecule has 2 aliphatic rings. The average molecular weight is 585 g/mol. The minimum Gasteiger partial charge on any atom is -0.488 e. The van der Waals surface area contributed by atoms with Gasteiger partial charge in [-0.3, -0.25) is 9.59 Å². The highest BCUT2D eigenvalue weighted by Crippen LogP contribution is 2.38. The lowest BCUT2D eigenvalue weighted by Crippen LogP contribution is -2.48. The third kappa shape index (κ3) is 6.84. The van der Waals surface area contributed by atoms with E-state index in [1.54, 1.807) is 26.8 Å². The summed E-state index contributed by atoms with van der Waals surface area (Å²) < 4.78 is 25.5. The molecule has 4 N–H and O–H groups in total. The van der Waals surface area contributed by atoms with Crippen LogP contribution < -0.4 is 26.0 Å². The van der Waals surface area contributed by atoms with E-state index in [9.17, 15) is 18.8 Å². The van der Waals surface area contributed by atoms with Gasteiger partial charge in [0.05, 0.1) is 28.0 Å². The van der Waals surface area contributed by atoms with Crippen molar-refractivity contribution in [2.24, 2.45) is 0 Å². The number of carbonyl (C=O) groups is 3. The van der Waals surface area contributed by atoms with Gasteiger partial charge in [0.25, 0.3) is 5.91 Å². The molecule has 218 valence electrons. The zero-order chi connectivity index (χ0) is 29.5. The SMILES string of the molecule is CC(=O)N[C@H]1C[C@H](Oc2cc(F)ccc2Nc2ncnc3sc(C(=O)NC4CC4NC(=O)OC(C)(C)C)c(C)c23)C1. The minimum absolute atomic E-state index is 0.0426. The molecule has 3 aromatic rings. The molecule has 0 spiro atoms. The molecule has 2 heterocycles. The van der Waals surface area contributed by atoms with Crippen molar-refractivity contribution >= 4 is 51.0 Å². The van der Waals surface area contributed by atoms with Crippen molar-refractivity contribution < 1.29 is 28.2 Å². The van der Waals surface area contributed by atoms with Gasteiger partial charge in [-0.15, -0.1) is 11.3 Å². The third-order valence-electron chi connectivity index (χ3n) is 6.73. The van der Waals surface area contributed by atoms with Gasteiger partial charge in [-0.2, -0.15) is 0 Å². The lowest BCUT2D eigenvalue weighted by molar-refractivity contribution is -0.120. The molecule has 3 amide bonds. The second-order valence-corrected chi connectivity index (χ2v) is 12.4. The topological polar surface area (TPSA) is 144 Å². The van der Waals surface area contributed by atoms with Crippen LogP contribution in [0.3, 0.4) is 0 Å². The number of benzene rings is 1. The first-order valence-electron chi connectivity index (χ1n) is 13.4. The summed E-state index contributed by atoms with van der Waals surface area (Å²) in [6.07, 6.45) is 2.60. The second-order valence-electron chi connectivity index (χ2n) is 11.4. The van der Waals surface area contributed by atoms with Crippen LogP contribution in [0, 0.1) is 12.7 Å². The summed E-state index contributed by atoms with van der Waals surface area (Å²) in [6.45, 7) is 8.66. The summed E-state index contributed by atoms with van der Waals surface area (Å²) in [6, 6.07) is 3.86. The molecule has 2 fully saturated rings. The Kier molecular flexibility index (Phi) is 7.73. The molecular formula is C28H33FN6O5S. The molecule has 13 heteroatoms. The summed E-state index contributed by atoms with van der Waals surface area (Å²) >= 11 is 1.24. The highest BCUT2D eigenvalue weighted by molar-refractivity contribution is 7.20. The molecule has 0 saturated heterocycles. The number of halogens is 1. The summed E-state index contributed by atoms with van der Waals surface area (Å²) in [7, 11) is 0. The molecule has 41 heavy (non-hydrogen) atoms. The van der Waals surface area contributed by atoms with Gasteiger partial charge in [0.1, 0.15) is 40.2 Å². The van der Waals surface area contributed by atoms with E-state index in [4.69, 9.17) is 9.47 Å². The van der Waals surface area contributed by atoms with Gasteiger partial charge in [-0.25, -0.2) is 19.2 Å². The van der Waals surface area contributed by atoms with Crippen LogP contribution in [-0.2, 0) is 9.53 Å². The van der Waals surface area contributed by atoms with E-state index in [0.29, 0.717) is 57.2 Å². The highest BCUT2D eigenvalue weighted by atomic mass is 32.1. The van der Waals surface area contributed by atoms with Gasteiger partial charge in [0.15, 0.2) is 0 Å². The number of amides is 3. The number of alkyl carbamates (subject to hydrolysis) is 1. The minimum atomic E-state index is -0.604. The maximum Gasteiger partial charge on any atom is 0.407 e. The number of aryl methyl sites for hydroxylation is 1. The zero-order valence-corrected chi connectivity index (χ0v) is 24.3. The van der Waals surface area contributed by atoms with Crippen molar-refractivity contribution in [3.8, 4) is 5.75 Å². The lowest BCUT2D eigenvalue weighted by atomic mass is 9.89. The van der Waals surface area contributed by atoms with Crippen LogP contribution >= 0.6 is 11.3 Å². The van der Waals surface area contributed by atoms with Gasteiger partial charge < -0.3 is 30.7 Å². The van der Waals surface area contributed by atoms with Crippen molar-refractivity contribution in [1.82, 2.24) is 25.9 Å². The first-order valence-corrected chi connectivity index (χ1v) is 14.2. The fourth-order valence-corrected chi connectivity index (χ4v) is 5.71. The van der Waals surface area contributed by atoms with E-state index in [-0.39, 0.29) is 36.0 Å². The normalized spacial score (nSPS) is 21.4. The van der Waals surface area contributed by atoms with Crippen LogP contribution in [0.25, 0.3) is 10.2 Å². The average Bonchev–Trinajstić information content (AvgIpc) is 3.46. The van der Waals surface area contributed by atoms with Crippen molar-refractivity contribution in [3.05, 3.63) is 40.8 Å². The maximum absolute atomic E-state index is 14.1. The Bertz CT molecular complexity index is 1500. The fourth-order valence-electron chi connectivity index (χ4n) is 4.66. The number of hydrogen-bond donors (Lipinski definition) is 4. The Morgan fingerprint density at radius 3 is 2.49 bits per heavy atom. The van der Waals surface area contributed by atoms with Gasteiger partial charge in [-0.1, -0.05) is 0 Å². The number of hydrogen-bond acceptors (Lipinski definition) is 9. The van der Waals surface area contributed by atoms with E-state index >= 15 is 0 Å². The molecule has 2 saturated carbocycles. The van der Waals surface area contributed by atoms with Crippen molar-refractivity contribution in [2.75, 3.05) is 5.32 Å². The number of fused-ring (bicyclic) bond motifs is 1. The van der Waals surface area contributed by atoms with Gasteiger partial charge >= 0.3 is 6.09 Å². The number of ether oxygens (including phenoxy) is 2. The number of thiophene rings is 1. The highest BCUT2D eigenvalue weighted by Gasteiger charge is 2.41. The second kappa shape index (κ2) is 11.1.